The minimum atomic E-state index is -0.508. The number of hydrazine groups is 2. The van der Waals surface area contributed by atoms with Gasteiger partial charge in [0.05, 0.1) is 6.04 Å². The molecule has 1 aromatic carbocycles. The molecule has 1 aliphatic heterocycles. The van der Waals surface area contributed by atoms with Crippen LogP contribution in [0, 0.1) is 5.41 Å². The fraction of sp³-hybridized carbons (Fsp3) is 0.667. The van der Waals surface area contributed by atoms with Gasteiger partial charge in [0.2, 0.25) is 0 Å². The highest BCUT2D eigenvalue weighted by molar-refractivity contribution is 5.68. The maximum absolute atomic E-state index is 12.7. The van der Waals surface area contributed by atoms with E-state index in [9.17, 15) is 4.79 Å². The molecule has 1 saturated heterocycles. The van der Waals surface area contributed by atoms with Gasteiger partial charge in [0.15, 0.2) is 0 Å². The van der Waals surface area contributed by atoms with Gasteiger partial charge in [-0.3, -0.25) is 0 Å². The van der Waals surface area contributed by atoms with Crippen molar-refractivity contribution < 1.29 is 9.53 Å². The highest BCUT2D eigenvalue weighted by Crippen LogP contribution is 2.22. The normalized spacial score (nSPS) is 17.8. The van der Waals surface area contributed by atoms with Gasteiger partial charge in [-0.25, -0.2) is 15.6 Å². The van der Waals surface area contributed by atoms with Crippen LogP contribution in [-0.4, -0.2) is 35.7 Å². The number of rotatable bonds is 6. The number of nitrogens with one attached hydrogen (secondary N) is 3. The Morgan fingerprint density at radius 1 is 1.11 bits per heavy atom. The fourth-order valence-corrected chi connectivity index (χ4v) is 2.84. The smallest absolute Gasteiger partial charge is 0.410 e. The van der Waals surface area contributed by atoms with Crippen molar-refractivity contribution in [3.05, 3.63) is 35.4 Å². The SMILES string of the molecule is CC(C)(C)CCc1ccc(CN(CC2CNNN2)C(=O)OC(C)(C)C)cc1. The van der Waals surface area contributed by atoms with E-state index in [4.69, 9.17) is 4.74 Å². The van der Waals surface area contributed by atoms with Crippen LogP contribution in [0.5, 0.6) is 0 Å². The molecule has 1 aromatic rings. The zero-order valence-corrected chi connectivity index (χ0v) is 17.7. The summed E-state index contributed by atoms with van der Waals surface area (Å²) in [6, 6.07) is 8.72. The zero-order chi connectivity index (χ0) is 20.1. The zero-order valence-electron chi connectivity index (χ0n) is 17.7. The predicted octanol–water partition coefficient (Wildman–Crippen LogP) is 3.38. The van der Waals surface area contributed by atoms with Crippen molar-refractivity contribution in [3.8, 4) is 0 Å². The second-order valence-electron chi connectivity index (χ2n) is 9.59. The molecule has 0 aliphatic carbocycles. The molecule has 1 heterocycles. The number of aryl methyl sites for hydroxylation is 1. The Hall–Kier alpha value is -1.63. The lowest BCUT2D eigenvalue weighted by molar-refractivity contribution is 0.0219. The second-order valence-corrected chi connectivity index (χ2v) is 9.59. The molecule has 0 aromatic heterocycles. The maximum Gasteiger partial charge on any atom is 0.410 e. The van der Waals surface area contributed by atoms with E-state index in [0.717, 1.165) is 24.9 Å². The first-order valence-electron chi connectivity index (χ1n) is 9.81. The van der Waals surface area contributed by atoms with Gasteiger partial charge in [-0.05, 0) is 50.2 Å². The molecular weight excluding hydrogens is 340 g/mol. The first kappa shape index (κ1) is 21.7. The van der Waals surface area contributed by atoms with E-state index in [-0.39, 0.29) is 12.1 Å². The summed E-state index contributed by atoms with van der Waals surface area (Å²) in [5.74, 6) is 0. The Labute approximate surface area is 164 Å². The van der Waals surface area contributed by atoms with E-state index in [1.807, 2.05) is 20.8 Å². The first-order valence-corrected chi connectivity index (χ1v) is 9.81. The van der Waals surface area contributed by atoms with Gasteiger partial charge in [0.1, 0.15) is 5.60 Å². The van der Waals surface area contributed by atoms with Crippen LogP contribution in [-0.2, 0) is 17.7 Å². The number of carbonyl (C=O) groups excluding carboxylic acids is 1. The van der Waals surface area contributed by atoms with Gasteiger partial charge < -0.3 is 9.64 Å². The van der Waals surface area contributed by atoms with Gasteiger partial charge in [-0.15, -0.1) is 0 Å². The third-order valence-electron chi connectivity index (χ3n) is 4.37. The molecule has 6 heteroatoms. The molecule has 1 atom stereocenters. The molecule has 152 valence electrons. The average molecular weight is 377 g/mol. The lowest BCUT2D eigenvalue weighted by Crippen LogP contribution is -2.45. The van der Waals surface area contributed by atoms with E-state index in [1.165, 1.54) is 5.56 Å². The Morgan fingerprint density at radius 3 is 2.26 bits per heavy atom. The average Bonchev–Trinajstić information content (AvgIpc) is 3.04. The van der Waals surface area contributed by atoms with Crippen LogP contribution in [0.2, 0.25) is 0 Å². The molecule has 1 aliphatic rings. The number of nitrogens with zero attached hydrogens (tertiary/aromatic N) is 1. The highest BCUT2D eigenvalue weighted by atomic mass is 16.6. The Morgan fingerprint density at radius 2 is 1.74 bits per heavy atom. The summed E-state index contributed by atoms with van der Waals surface area (Å²) >= 11 is 0. The minimum Gasteiger partial charge on any atom is -0.444 e. The Bertz CT molecular complexity index is 596. The summed E-state index contributed by atoms with van der Waals surface area (Å²) in [4.78, 5) is 14.4. The van der Waals surface area contributed by atoms with Crippen molar-refractivity contribution in [2.24, 2.45) is 5.41 Å². The number of carbonyl (C=O) groups is 1. The lowest BCUT2D eigenvalue weighted by Gasteiger charge is -2.29. The van der Waals surface area contributed by atoms with Gasteiger partial charge in [-0.1, -0.05) is 45.0 Å². The maximum atomic E-state index is 12.7. The van der Waals surface area contributed by atoms with E-state index in [1.54, 1.807) is 4.90 Å². The molecule has 1 unspecified atom stereocenters. The van der Waals surface area contributed by atoms with Gasteiger partial charge in [-0.2, -0.15) is 5.53 Å². The van der Waals surface area contributed by atoms with Crippen molar-refractivity contribution in [1.29, 1.82) is 0 Å². The van der Waals surface area contributed by atoms with Crippen LogP contribution in [0.1, 0.15) is 59.1 Å². The molecule has 2 rings (SSSR count). The molecule has 27 heavy (non-hydrogen) atoms. The number of benzene rings is 1. The van der Waals surface area contributed by atoms with Crippen molar-refractivity contribution in [2.45, 2.75) is 72.6 Å². The van der Waals surface area contributed by atoms with Crippen molar-refractivity contribution in [1.82, 2.24) is 21.3 Å². The van der Waals surface area contributed by atoms with Crippen LogP contribution in [0.15, 0.2) is 24.3 Å². The van der Waals surface area contributed by atoms with Crippen LogP contribution in [0.3, 0.4) is 0 Å². The van der Waals surface area contributed by atoms with Crippen LogP contribution >= 0.6 is 0 Å². The van der Waals surface area contributed by atoms with Crippen LogP contribution in [0.25, 0.3) is 0 Å². The number of hydrogen-bond donors (Lipinski definition) is 3. The molecule has 0 radical (unpaired) electrons. The summed E-state index contributed by atoms with van der Waals surface area (Å²) in [5, 5.41) is 0. The van der Waals surface area contributed by atoms with Gasteiger partial charge in [0.25, 0.3) is 0 Å². The van der Waals surface area contributed by atoms with Crippen LogP contribution < -0.4 is 16.4 Å². The topological polar surface area (TPSA) is 65.6 Å². The molecule has 1 fully saturated rings. The Balaban J connectivity index is 2.01. The predicted molar refractivity (Wildman–Crippen MR) is 109 cm³/mol. The van der Waals surface area contributed by atoms with Crippen LogP contribution in [0.4, 0.5) is 4.79 Å². The summed E-state index contributed by atoms with van der Waals surface area (Å²) < 4.78 is 5.60. The summed E-state index contributed by atoms with van der Waals surface area (Å²) in [5.41, 5.74) is 11.3. The highest BCUT2D eigenvalue weighted by Gasteiger charge is 2.26. The fourth-order valence-electron chi connectivity index (χ4n) is 2.84. The summed E-state index contributed by atoms with van der Waals surface area (Å²) in [6.07, 6.45) is 1.94. The van der Waals surface area contributed by atoms with E-state index in [0.29, 0.717) is 18.5 Å². The second kappa shape index (κ2) is 9.04. The largest absolute Gasteiger partial charge is 0.444 e. The lowest BCUT2D eigenvalue weighted by atomic mass is 9.88. The molecule has 0 bridgehead atoms. The summed E-state index contributed by atoms with van der Waals surface area (Å²) in [7, 11) is 0. The van der Waals surface area contributed by atoms with E-state index >= 15 is 0 Å². The van der Waals surface area contributed by atoms with Crippen molar-refractivity contribution >= 4 is 6.09 Å². The number of amides is 1. The van der Waals surface area contributed by atoms with Crippen molar-refractivity contribution in [3.63, 3.8) is 0 Å². The molecule has 0 saturated carbocycles. The Kier molecular flexibility index (Phi) is 7.25. The first-order chi connectivity index (χ1) is 12.5. The van der Waals surface area contributed by atoms with E-state index in [2.05, 4.69) is 61.4 Å². The minimum absolute atomic E-state index is 0.142. The standard InChI is InChI=1S/C21H36N4O2/c1-20(2,3)12-11-16-7-9-17(10-8-16)14-25(15-18-13-22-24-23-18)19(26)27-21(4,5)6/h7-10,18,22-24H,11-15H2,1-6H3. The van der Waals surface area contributed by atoms with Gasteiger partial charge in [0, 0.05) is 19.6 Å². The van der Waals surface area contributed by atoms with E-state index < -0.39 is 5.60 Å². The monoisotopic (exact) mass is 376 g/mol. The number of hydrogen-bond acceptors (Lipinski definition) is 5. The quantitative estimate of drug-likeness (QED) is 0.710. The van der Waals surface area contributed by atoms with Gasteiger partial charge >= 0.3 is 6.09 Å². The third-order valence-corrected chi connectivity index (χ3v) is 4.37. The molecule has 3 N–H and O–H groups in total. The van der Waals surface area contributed by atoms with Crippen molar-refractivity contribution in [2.75, 3.05) is 13.1 Å². The molecular formula is C21H36N4O2. The molecule has 0 spiro atoms. The number of ether oxygens (including phenoxy) is 1. The molecule has 1 amide bonds. The third kappa shape index (κ3) is 8.28. The summed E-state index contributed by atoms with van der Waals surface area (Å²) in [6.45, 7) is 14.3. The molecule has 6 nitrogen and oxygen atoms in total.